The van der Waals surface area contributed by atoms with Gasteiger partial charge in [-0.25, -0.2) is 0 Å². The molecule has 0 spiro atoms. The number of ketones is 4. The highest BCUT2D eigenvalue weighted by Crippen LogP contribution is 2.28. The number of likely N-dealkylation sites (N-methyl/N-ethyl adjacent to an activating group) is 2. The van der Waals surface area contributed by atoms with Crippen molar-refractivity contribution in [1.29, 1.82) is 0 Å². The molecular weight excluding hydrogens is 1310 g/mol. The van der Waals surface area contributed by atoms with Gasteiger partial charge in [-0.3, -0.25) is 27.6 Å². The van der Waals surface area contributed by atoms with Gasteiger partial charge in [-0.05, 0) is 53.4 Å². The highest BCUT2D eigenvalue weighted by Gasteiger charge is 2.49. The lowest BCUT2D eigenvalue weighted by Crippen LogP contribution is -2.67. The molecule has 14 nitrogen and oxygen atoms in total. The molecule has 0 aliphatic carbocycles. The van der Waals surface area contributed by atoms with Crippen molar-refractivity contribution in [3.05, 3.63) is 0 Å². The van der Waals surface area contributed by atoms with Crippen molar-refractivity contribution in [2.45, 2.75) is 515 Å². The largest absolute Gasteiger partial charge is 0.759 e. The van der Waals surface area contributed by atoms with Crippen molar-refractivity contribution in [1.82, 2.24) is 0 Å². The minimum Gasteiger partial charge on any atom is -0.759 e. The zero-order chi connectivity index (χ0) is 77.7. The van der Waals surface area contributed by atoms with Crippen molar-refractivity contribution in [3.63, 3.8) is 0 Å². The first kappa shape index (κ1) is 105. The Morgan fingerprint density at radius 3 is 0.408 bits per heavy atom. The normalized spacial score (nSPS) is 14.4. The van der Waals surface area contributed by atoms with Gasteiger partial charge in [0.1, 0.15) is 24.4 Å². The minimum absolute atomic E-state index is 0.0140. The van der Waals surface area contributed by atoms with Crippen LogP contribution in [0.3, 0.4) is 0 Å². The van der Waals surface area contributed by atoms with Crippen LogP contribution in [0, 0.1) is 0 Å². The third-order valence-electron chi connectivity index (χ3n) is 22.1. The molecule has 15 heteroatoms. The molecule has 0 rings (SSSR count). The van der Waals surface area contributed by atoms with E-state index < -0.39 is 59.0 Å². The summed E-state index contributed by atoms with van der Waals surface area (Å²) in [6.07, 6.45) is 75.2. The van der Waals surface area contributed by atoms with Crippen LogP contribution in [-0.2, 0) is 29.6 Å². The lowest BCUT2D eigenvalue weighted by molar-refractivity contribution is -0.927. The van der Waals surface area contributed by atoms with Gasteiger partial charge in [-0.15, -0.1) is 0 Å². The van der Waals surface area contributed by atoms with Gasteiger partial charge in [0.2, 0.25) is 0 Å². The second kappa shape index (κ2) is 73.1. The molecule has 0 fully saturated rings. The summed E-state index contributed by atoms with van der Waals surface area (Å²) in [4.78, 5) is 53.8. The summed E-state index contributed by atoms with van der Waals surface area (Å²) in [5, 5.41) is 43.0. The van der Waals surface area contributed by atoms with E-state index in [4.69, 9.17) is 17.5 Å². The van der Waals surface area contributed by atoms with Crippen molar-refractivity contribution in [2.24, 2.45) is 0 Å². The van der Waals surface area contributed by atoms with Crippen LogP contribution >= 0.6 is 0 Å². The summed E-state index contributed by atoms with van der Waals surface area (Å²) in [5.74, 6) is 0.0560. The Morgan fingerprint density at radius 1 is 0.233 bits per heavy atom. The fourth-order valence-electron chi connectivity index (χ4n) is 16.4. The Hall–Kier alpha value is -1.69. The average molecular weight is 1490 g/mol. The molecule has 0 saturated heterocycles. The van der Waals surface area contributed by atoms with Gasteiger partial charge >= 0.3 is 0 Å². The number of aliphatic hydroxyl groups excluding tert-OH is 4. The number of unbranched alkanes of at least 4 members (excludes halogenated alkanes) is 56. The maximum atomic E-state index is 13.5. The number of carbonyl (C=O) groups excluding carboxylic acids is 4. The number of hydrogen-bond donors (Lipinski definition) is 4. The second-order valence-corrected chi connectivity index (χ2v) is 33.9. The Morgan fingerprint density at radius 2 is 0.320 bits per heavy atom. The molecule has 4 N–H and O–H groups in total. The molecular formula is C88H176N2O12S. The molecule has 8 unspecified atom stereocenters. The summed E-state index contributed by atoms with van der Waals surface area (Å²) in [7, 11) is 2.24. The van der Waals surface area contributed by atoms with Crippen LogP contribution in [0.5, 0.6) is 0 Å². The maximum Gasteiger partial charge on any atom is 0.192 e. The first-order chi connectivity index (χ1) is 49.2. The monoisotopic (exact) mass is 1490 g/mol. The summed E-state index contributed by atoms with van der Waals surface area (Å²) >= 11 is 0. The average Bonchev–Trinajstić information content (AvgIpc) is 0.795. The molecule has 0 aromatic rings. The molecule has 0 heterocycles. The predicted octanol–water partition coefficient (Wildman–Crippen LogP) is 23.1. The SMILES string of the molecule is CCCCCCCCCCCCCCCCCC(=O)C(C(C)O)[N+](C)(C)C(C(=O)CCCCCCCCCCCCCCCCC)C(C)O.CCCCCCCCCCCCCCCCCC(=O)C(C(C)O)[N+](C)(C)C(C(=O)CCCCCCCCCCCCCCCCC)C(C)O.O=S(=O)([O-])[O-]. The highest BCUT2D eigenvalue weighted by molar-refractivity contribution is 7.79. The molecule has 0 aliphatic rings. The summed E-state index contributed by atoms with van der Waals surface area (Å²) in [6, 6.07) is -2.85. The van der Waals surface area contributed by atoms with Gasteiger partial charge in [0.25, 0.3) is 0 Å². The van der Waals surface area contributed by atoms with E-state index in [2.05, 4.69) is 27.7 Å². The van der Waals surface area contributed by atoms with E-state index in [1.54, 1.807) is 27.7 Å². The molecule has 0 aromatic heterocycles. The zero-order valence-corrected chi connectivity index (χ0v) is 71.0. The first-order valence-electron chi connectivity index (χ1n) is 44.4. The quantitative estimate of drug-likeness (QED) is 0.0193. The summed E-state index contributed by atoms with van der Waals surface area (Å²) < 4.78 is 34.1. The number of carbonyl (C=O) groups is 4. The predicted molar refractivity (Wildman–Crippen MR) is 435 cm³/mol. The molecule has 0 saturated carbocycles. The van der Waals surface area contributed by atoms with E-state index in [9.17, 15) is 39.6 Å². The van der Waals surface area contributed by atoms with Crippen LogP contribution in [-0.4, -0.2) is 147 Å². The molecule has 8 atom stereocenters. The van der Waals surface area contributed by atoms with E-state index in [0.717, 1.165) is 77.0 Å². The third-order valence-corrected chi connectivity index (χ3v) is 22.1. The maximum absolute atomic E-state index is 13.5. The molecule has 616 valence electrons. The Kier molecular flexibility index (Phi) is 74.9. The number of aliphatic hydroxyl groups is 4. The van der Waals surface area contributed by atoms with Crippen molar-refractivity contribution >= 4 is 33.5 Å². The van der Waals surface area contributed by atoms with Crippen LogP contribution in [0.4, 0.5) is 0 Å². The molecule has 0 bridgehead atoms. The van der Waals surface area contributed by atoms with Crippen molar-refractivity contribution < 1.29 is 66.1 Å². The van der Waals surface area contributed by atoms with Gasteiger partial charge in [-0.2, -0.15) is 0 Å². The zero-order valence-electron chi connectivity index (χ0n) is 70.2. The van der Waals surface area contributed by atoms with Gasteiger partial charge in [0, 0.05) is 36.1 Å². The van der Waals surface area contributed by atoms with E-state index in [0.29, 0.717) is 25.7 Å². The number of Topliss-reactive ketones (excluding diaryl/α,β-unsaturated/α-hetero) is 4. The molecule has 0 radical (unpaired) electrons. The van der Waals surface area contributed by atoms with Crippen LogP contribution in [0.1, 0.15) is 466 Å². The van der Waals surface area contributed by atoms with Gasteiger partial charge in [-0.1, -0.05) is 387 Å². The molecule has 103 heavy (non-hydrogen) atoms. The van der Waals surface area contributed by atoms with Gasteiger partial charge in [0.15, 0.2) is 47.3 Å². The Bertz CT molecular complexity index is 1740. The first-order valence-corrected chi connectivity index (χ1v) is 45.7. The number of quaternary nitrogens is 2. The number of hydrogen-bond acceptors (Lipinski definition) is 12. The fourth-order valence-corrected chi connectivity index (χ4v) is 16.4. The minimum atomic E-state index is -5.17. The number of nitrogens with zero attached hydrogens (tertiary/aromatic N) is 2. The van der Waals surface area contributed by atoms with Gasteiger partial charge < -0.3 is 38.5 Å². The second-order valence-electron chi connectivity index (χ2n) is 33.1. The fraction of sp³-hybridized carbons (Fsp3) is 0.955. The topological polar surface area (TPSA) is 229 Å². The Labute approximate surface area is 639 Å². The van der Waals surface area contributed by atoms with Crippen LogP contribution < -0.4 is 0 Å². The highest BCUT2D eigenvalue weighted by atomic mass is 32.3. The molecule has 0 aromatic carbocycles. The smallest absolute Gasteiger partial charge is 0.192 e. The summed E-state index contributed by atoms with van der Waals surface area (Å²) in [6.45, 7) is 15.7. The van der Waals surface area contributed by atoms with Gasteiger partial charge in [0.05, 0.1) is 28.2 Å². The lowest BCUT2D eigenvalue weighted by atomic mass is 9.91. The van der Waals surface area contributed by atoms with E-state index in [-0.39, 0.29) is 32.1 Å². The Balaban J connectivity index is -0.00000182. The molecule has 0 aliphatic heterocycles. The van der Waals surface area contributed by atoms with E-state index >= 15 is 0 Å². The van der Waals surface area contributed by atoms with Crippen LogP contribution in [0.25, 0.3) is 0 Å². The van der Waals surface area contributed by atoms with Crippen LogP contribution in [0.15, 0.2) is 0 Å². The lowest BCUT2D eigenvalue weighted by Gasteiger charge is -2.45. The van der Waals surface area contributed by atoms with E-state index in [1.807, 2.05) is 28.2 Å². The van der Waals surface area contributed by atoms with E-state index in [1.165, 1.54) is 308 Å². The summed E-state index contributed by atoms with van der Waals surface area (Å²) in [5.41, 5.74) is 0. The standard InChI is InChI=1S/2C44H88NO4.H2O4S/c2*1-7-9-11-13-15-17-19-21-23-25-27-29-31-33-35-37-41(48)43(39(3)46)45(5,6)44(40(4)47)42(49)38-36-34-32-30-28-26-24-22-20-18-16-14-12-10-8-2;1-5(2,3)4/h2*39-40,43-44,46-47H,7-38H2,1-6H3;(H2,1,2,3,4)/q2*+1;/p-2. The van der Waals surface area contributed by atoms with Crippen LogP contribution in [0.2, 0.25) is 0 Å². The number of rotatable bonds is 76. The van der Waals surface area contributed by atoms with Crippen molar-refractivity contribution in [3.8, 4) is 0 Å². The molecule has 0 amide bonds. The third kappa shape index (κ3) is 64.8. The van der Waals surface area contributed by atoms with Crippen molar-refractivity contribution in [2.75, 3.05) is 28.2 Å².